The van der Waals surface area contributed by atoms with E-state index in [0.717, 1.165) is 28.9 Å². The van der Waals surface area contributed by atoms with Crippen LogP contribution in [0.5, 0.6) is 0 Å². The second-order valence-electron chi connectivity index (χ2n) is 10.2. The Bertz CT molecular complexity index is 1260. The standard InChI is InChI=1S/C29H34F2N4O2/c1-19(20-10-8-7-9-11-20)35(27(36)29(2,3)4)18-21-16-23(13-15-26(21)34(5)6)32-28(37)33-25-14-12-22(30)17-24(25)31/h7-17,19H,18H2,1-6H3,(H2,32,33,37). The van der Waals surface area contributed by atoms with Gasteiger partial charge in [0.1, 0.15) is 11.6 Å². The van der Waals surface area contributed by atoms with Crippen molar-refractivity contribution in [3.63, 3.8) is 0 Å². The minimum Gasteiger partial charge on any atom is -0.377 e. The molecule has 1 atom stereocenters. The van der Waals surface area contributed by atoms with E-state index < -0.39 is 23.1 Å². The van der Waals surface area contributed by atoms with Crippen LogP contribution >= 0.6 is 0 Å². The predicted octanol–water partition coefficient (Wildman–Crippen LogP) is 6.81. The number of halogens is 2. The normalized spacial score (nSPS) is 12.0. The molecule has 1 unspecified atom stereocenters. The summed E-state index contributed by atoms with van der Waals surface area (Å²) in [6, 6.07) is 17.3. The van der Waals surface area contributed by atoms with Gasteiger partial charge in [-0.2, -0.15) is 0 Å². The molecule has 3 amide bonds. The van der Waals surface area contributed by atoms with Crippen molar-refractivity contribution in [2.24, 2.45) is 5.41 Å². The number of amides is 3. The first kappa shape index (κ1) is 27.6. The summed E-state index contributed by atoms with van der Waals surface area (Å²) in [6.07, 6.45) is 0. The highest BCUT2D eigenvalue weighted by Crippen LogP contribution is 2.32. The van der Waals surface area contributed by atoms with E-state index in [9.17, 15) is 18.4 Å². The van der Waals surface area contributed by atoms with Crippen LogP contribution < -0.4 is 15.5 Å². The molecule has 3 rings (SSSR count). The monoisotopic (exact) mass is 508 g/mol. The number of benzene rings is 3. The molecule has 0 radical (unpaired) electrons. The summed E-state index contributed by atoms with van der Waals surface area (Å²) >= 11 is 0. The summed E-state index contributed by atoms with van der Waals surface area (Å²) in [5, 5.41) is 5.09. The maximum atomic E-state index is 14.0. The van der Waals surface area contributed by atoms with E-state index in [1.807, 2.05) is 88.0 Å². The van der Waals surface area contributed by atoms with E-state index in [1.54, 1.807) is 12.1 Å². The highest BCUT2D eigenvalue weighted by molar-refractivity contribution is 6.00. The molecule has 0 aliphatic carbocycles. The summed E-state index contributed by atoms with van der Waals surface area (Å²) in [4.78, 5) is 29.9. The fourth-order valence-electron chi connectivity index (χ4n) is 4.01. The van der Waals surface area contributed by atoms with Crippen molar-refractivity contribution in [2.75, 3.05) is 29.6 Å². The second-order valence-corrected chi connectivity index (χ2v) is 10.2. The molecule has 0 aliphatic heterocycles. The minimum absolute atomic E-state index is 0.00329. The number of hydrogen-bond donors (Lipinski definition) is 2. The first-order valence-electron chi connectivity index (χ1n) is 12.1. The van der Waals surface area contributed by atoms with E-state index >= 15 is 0 Å². The predicted molar refractivity (Wildman–Crippen MR) is 145 cm³/mol. The maximum Gasteiger partial charge on any atom is 0.323 e. The van der Waals surface area contributed by atoms with Crippen LogP contribution in [0.1, 0.15) is 44.9 Å². The first-order chi connectivity index (χ1) is 17.4. The third kappa shape index (κ3) is 7.06. The van der Waals surface area contributed by atoms with Crippen molar-refractivity contribution in [3.8, 4) is 0 Å². The quantitative estimate of drug-likeness (QED) is 0.368. The van der Waals surface area contributed by atoms with Gasteiger partial charge < -0.3 is 20.4 Å². The largest absolute Gasteiger partial charge is 0.377 e. The molecule has 3 aromatic rings. The van der Waals surface area contributed by atoms with Gasteiger partial charge in [-0.15, -0.1) is 0 Å². The van der Waals surface area contributed by atoms with Crippen LogP contribution in [0.3, 0.4) is 0 Å². The van der Waals surface area contributed by atoms with Gasteiger partial charge in [0.15, 0.2) is 0 Å². The third-order valence-electron chi connectivity index (χ3n) is 5.99. The van der Waals surface area contributed by atoms with E-state index in [-0.39, 0.29) is 17.6 Å². The van der Waals surface area contributed by atoms with Crippen LogP contribution in [0.4, 0.5) is 30.6 Å². The molecule has 2 N–H and O–H groups in total. The molecule has 0 fully saturated rings. The van der Waals surface area contributed by atoms with Gasteiger partial charge in [-0.05, 0) is 48.4 Å². The lowest BCUT2D eigenvalue weighted by Gasteiger charge is -2.35. The van der Waals surface area contributed by atoms with E-state index in [1.165, 1.54) is 0 Å². The molecule has 8 heteroatoms. The van der Waals surface area contributed by atoms with E-state index in [4.69, 9.17) is 0 Å². The van der Waals surface area contributed by atoms with Crippen molar-refractivity contribution in [2.45, 2.75) is 40.3 Å². The fraction of sp³-hybridized carbons (Fsp3) is 0.310. The molecular weight excluding hydrogens is 474 g/mol. The fourth-order valence-corrected chi connectivity index (χ4v) is 4.01. The summed E-state index contributed by atoms with van der Waals surface area (Å²) in [5.74, 6) is -1.60. The van der Waals surface area contributed by atoms with Crippen molar-refractivity contribution >= 4 is 29.0 Å². The zero-order valence-electron chi connectivity index (χ0n) is 22.1. The molecule has 0 aromatic heterocycles. The van der Waals surface area contributed by atoms with E-state index in [2.05, 4.69) is 10.6 Å². The number of carbonyl (C=O) groups excluding carboxylic acids is 2. The highest BCUT2D eigenvalue weighted by Gasteiger charge is 2.31. The Hall–Kier alpha value is -3.94. The number of hydrogen-bond acceptors (Lipinski definition) is 3. The van der Waals surface area contributed by atoms with Crippen molar-refractivity contribution in [3.05, 3.63) is 89.5 Å². The SMILES string of the molecule is CC(c1ccccc1)N(Cc1cc(NC(=O)Nc2ccc(F)cc2F)ccc1N(C)C)C(=O)C(C)(C)C. The molecule has 3 aromatic carbocycles. The van der Waals surface area contributed by atoms with Gasteiger partial charge in [-0.1, -0.05) is 51.1 Å². The second kappa shape index (κ2) is 11.4. The van der Waals surface area contributed by atoms with Crippen LogP contribution in [0.25, 0.3) is 0 Å². The van der Waals surface area contributed by atoms with Crippen LogP contribution in [0.15, 0.2) is 66.7 Å². The molecular formula is C29H34F2N4O2. The molecule has 0 bridgehead atoms. The maximum absolute atomic E-state index is 14.0. The molecule has 0 heterocycles. The van der Waals surface area contributed by atoms with E-state index in [0.29, 0.717) is 18.3 Å². The van der Waals surface area contributed by atoms with Gasteiger partial charge in [0.05, 0.1) is 11.7 Å². The van der Waals surface area contributed by atoms with Crippen LogP contribution in [-0.2, 0) is 11.3 Å². The van der Waals surface area contributed by atoms with Gasteiger partial charge in [0.2, 0.25) is 5.91 Å². The number of nitrogens with one attached hydrogen (secondary N) is 2. The van der Waals surface area contributed by atoms with Gasteiger partial charge in [-0.3, -0.25) is 4.79 Å². The average molecular weight is 509 g/mol. The highest BCUT2D eigenvalue weighted by atomic mass is 19.1. The molecule has 196 valence electrons. The van der Waals surface area contributed by atoms with Gasteiger partial charge in [0.25, 0.3) is 0 Å². The number of nitrogens with zero attached hydrogens (tertiary/aromatic N) is 2. The van der Waals surface area contributed by atoms with Gasteiger partial charge >= 0.3 is 6.03 Å². The van der Waals surface area contributed by atoms with Crippen LogP contribution in [0.2, 0.25) is 0 Å². The van der Waals surface area contributed by atoms with Crippen molar-refractivity contribution < 1.29 is 18.4 Å². The lowest BCUT2D eigenvalue weighted by Crippen LogP contribution is -2.40. The summed E-state index contributed by atoms with van der Waals surface area (Å²) in [6.45, 7) is 7.99. The number of anilines is 3. The van der Waals surface area contributed by atoms with Crippen molar-refractivity contribution in [1.29, 1.82) is 0 Å². The lowest BCUT2D eigenvalue weighted by molar-refractivity contribution is -0.142. The molecule has 0 saturated carbocycles. The van der Waals surface area contributed by atoms with Crippen LogP contribution in [-0.4, -0.2) is 30.9 Å². The van der Waals surface area contributed by atoms with Gasteiger partial charge in [-0.25, -0.2) is 13.6 Å². The summed E-state index contributed by atoms with van der Waals surface area (Å²) in [5.41, 5.74) is 2.47. The molecule has 6 nitrogen and oxygen atoms in total. The Kier molecular flexibility index (Phi) is 8.53. The third-order valence-corrected chi connectivity index (χ3v) is 5.99. The number of rotatable bonds is 7. The van der Waals surface area contributed by atoms with Crippen LogP contribution in [0, 0.1) is 17.0 Å². The number of urea groups is 1. The topological polar surface area (TPSA) is 64.7 Å². The molecule has 37 heavy (non-hydrogen) atoms. The molecule has 0 aliphatic rings. The Morgan fingerprint density at radius 3 is 2.19 bits per heavy atom. The zero-order valence-corrected chi connectivity index (χ0v) is 22.1. The zero-order chi connectivity index (χ0) is 27.3. The minimum atomic E-state index is -0.870. The Labute approximate surface area is 217 Å². The number of carbonyl (C=O) groups is 2. The first-order valence-corrected chi connectivity index (χ1v) is 12.1. The molecule has 0 saturated heterocycles. The Morgan fingerprint density at radius 2 is 1.59 bits per heavy atom. The summed E-state index contributed by atoms with van der Waals surface area (Å²) in [7, 11) is 3.82. The Balaban J connectivity index is 1.91. The average Bonchev–Trinajstić information content (AvgIpc) is 2.83. The summed E-state index contributed by atoms with van der Waals surface area (Å²) < 4.78 is 27.1. The Morgan fingerprint density at radius 1 is 0.919 bits per heavy atom. The lowest BCUT2D eigenvalue weighted by atomic mass is 9.92. The smallest absolute Gasteiger partial charge is 0.323 e. The van der Waals surface area contributed by atoms with Crippen molar-refractivity contribution in [1.82, 2.24) is 4.90 Å². The van der Waals surface area contributed by atoms with Gasteiger partial charge in [0, 0.05) is 43.5 Å². The molecule has 0 spiro atoms.